The number of nitrogens with one attached hydrogen (secondary N) is 2. The van der Waals surface area contributed by atoms with E-state index >= 15 is 0 Å². The first-order chi connectivity index (χ1) is 17.3. The highest BCUT2D eigenvalue weighted by molar-refractivity contribution is 7.89. The molecule has 0 fully saturated rings. The smallest absolute Gasteiger partial charge is 0.335 e. The van der Waals surface area contributed by atoms with Gasteiger partial charge >= 0.3 is 5.97 Å². The van der Waals surface area contributed by atoms with E-state index in [0.717, 1.165) is 16.7 Å². The number of carboxylic acids is 1. The molecule has 0 unspecified atom stereocenters. The third kappa shape index (κ3) is 6.24. The van der Waals surface area contributed by atoms with Gasteiger partial charge in [0, 0.05) is 18.7 Å². The molecule has 0 aliphatic rings. The number of sulfonamides is 1. The summed E-state index contributed by atoms with van der Waals surface area (Å²) in [6.45, 7) is 0.259. The van der Waals surface area contributed by atoms with Crippen LogP contribution in [-0.4, -0.2) is 25.4 Å². The van der Waals surface area contributed by atoms with Crippen LogP contribution in [0.15, 0.2) is 108 Å². The molecule has 0 bridgehead atoms. The lowest BCUT2D eigenvalue weighted by Gasteiger charge is -2.10. The van der Waals surface area contributed by atoms with Gasteiger partial charge in [-0.25, -0.2) is 17.9 Å². The second-order valence-corrected chi connectivity index (χ2v) is 9.87. The lowest BCUT2D eigenvalue weighted by atomic mass is 10.1. The van der Waals surface area contributed by atoms with Gasteiger partial charge in [-0.2, -0.15) is 0 Å². The van der Waals surface area contributed by atoms with Gasteiger partial charge in [0.25, 0.3) is 5.91 Å². The summed E-state index contributed by atoms with van der Waals surface area (Å²) >= 11 is 0. The maximum absolute atomic E-state index is 12.8. The zero-order chi connectivity index (χ0) is 25.5. The maximum atomic E-state index is 12.8. The molecule has 8 heteroatoms. The van der Waals surface area contributed by atoms with Crippen LogP contribution in [0.1, 0.15) is 31.8 Å². The van der Waals surface area contributed by atoms with Crippen molar-refractivity contribution in [3.63, 3.8) is 0 Å². The van der Waals surface area contributed by atoms with E-state index in [1.54, 1.807) is 60.7 Å². The van der Waals surface area contributed by atoms with Crippen molar-refractivity contribution >= 4 is 21.9 Å². The Morgan fingerprint density at radius 1 is 0.667 bits per heavy atom. The third-order valence-electron chi connectivity index (χ3n) is 5.58. The lowest BCUT2D eigenvalue weighted by molar-refractivity contribution is 0.0696. The molecule has 0 aliphatic heterocycles. The van der Waals surface area contributed by atoms with E-state index < -0.39 is 16.0 Å². The number of amides is 1. The second kappa shape index (κ2) is 11.0. The number of carbonyl (C=O) groups is 2. The number of carbonyl (C=O) groups excluding carboxylic acids is 1. The summed E-state index contributed by atoms with van der Waals surface area (Å²) in [5.41, 5.74) is 3.88. The molecule has 0 atom stereocenters. The van der Waals surface area contributed by atoms with Gasteiger partial charge < -0.3 is 10.4 Å². The van der Waals surface area contributed by atoms with Crippen molar-refractivity contribution in [2.75, 3.05) is 0 Å². The lowest BCUT2D eigenvalue weighted by Crippen LogP contribution is -2.24. The van der Waals surface area contributed by atoms with Crippen molar-refractivity contribution < 1.29 is 23.1 Å². The zero-order valence-corrected chi connectivity index (χ0v) is 20.0. The normalized spacial score (nSPS) is 11.1. The molecule has 36 heavy (non-hydrogen) atoms. The minimum Gasteiger partial charge on any atom is -0.478 e. The van der Waals surface area contributed by atoms with E-state index in [-0.39, 0.29) is 29.5 Å². The molecule has 0 saturated heterocycles. The molecule has 7 nitrogen and oxygen atoms in total. The van der Waals surface area contributed by atoms with Crippen LogP contribution in [0.4, 0.5) is 0 Å². The molecule has 1 amide bonds. The van der Waals surface area contributed by atoms with Crippen LogP contribution in [0.25, 0.3) is 11.1 Å². The van der Waals surface area contributed by atoms with Crippen LogP contribution in [0.5, 0.6) is 0 Å². The molecule has 4 aromatic carbocycles. The first kappa shape index (κ1) is 24.8. The van der Waals surface area contributed by atoms with E-state index in [4.69, 9.17) is 5.11 Å². The number of hydrogen-bond acceptors (Lipinski definition) is 4. The van der Waals surface area contributed by atoms with Crippen molar-refractivity contribution in [2.24, 2.45) is 0 Å². The monoisotopic (exact) mass is 500 g/mol. The van der Waals surface area contributed by atoms with Gasteiger partial charge in [0.05, 0.1) is 10.5 Å². The molecule has 182 valence electrons. The quantitative estimate of drug-likeness (QED) is 0.314. The first-order valence-electron chi connectivity index (χ1n) is 11.2. The Labute approximate surface area is 209 Å². The maximum Gasteiger partial charge on any atom is 0.335 e. The summed E-state index contributed by atoms with van der Waals surface area (Å²) in [5, 5.41) is 11.8. The first-order valence-corrected chi connectivity index (χ1v) is 12.6. The highest BCUT2D eigenvalue weighted by atomic mass is 32.2. The van der Waals surface area contributed by atoms with Crippen LogP contribution in [-0.2, 0) is 23.1 Å². The highest BCUT2D eigenvalue weighted by Crippen LogP contribution is 2.21. The van der Waals surface area contributed by atoms with Crippen LogP contribution in [0.2, 0.25) is 0 Å². The van der Waals surface area contributed by atoms with E-state index in [1.165, 1.54) is 12.1 Å². The van der Waals surface area contributed by atoms with E-state index in [2.05, 4.69) is 10.0 Å². The fourth-order valence-corrected chi connectivity index (χ4v) is 4.61. The van der Waals surface area contributed by atoms with E-state index in [9.17, 15) is 18.0 Å². The van der Waals surface area contributed by atoms with Crippen molar-refractivity contribution in [1.82, 2.24) is 10.0 Å². The van der Waals surface area contributed by atoms with E-state index in [1.807, 2.05) is 30.3 Å². The predicted octanol–water partition coefficient (Wildman–Crippen LogP) is 4.46. The Morgan fingerprint density at radius 2 is 1.33 bits per heavy atom. The average Bonchev–Trinajstić information content (AvgIpc) is 2.91. The molecule has 0 saturated carbocycles. The Kier molecular flexibility index (Phi) is 7.58. The van der Waals surface area contributed by atoms with Gasteiger partial charge in [0.2, 0.25) is 10.0 Å². The summed E-state index contributed by atoms with van der Waals surface area (Å²) in [7, 11) is -3.74. The Balaban J connectivity index is 1.36. The van der Waals surface area contributed by atoms with E-state index in [0.29, 0.717) is 11.1 Å². The molecule has 0 heterocycles. The Morgan fingerprint density at radius 3 is 2.00 bits per heavy atom. The average molecular weight is 501 g/mol. The summed E-state index contributed by atoms with van der Waals surface area (Å²) < 4.78 is 28.1. The van der Waals surface area contributed by atoms with Crippen molar-refractivity contribution in [2.45, 2.75) is 18.0 Å². The predicted molar refractivity (Wildman–Crippen MR) is 137 cm³/mol. The number of hydrogen-bond donors (Lipinski definition) is 3. The molecule has 0 aliphatic carbocycles. The number of rotatable bonds is 9. The fourth-order valence-electron chi connectivity index (χ4n) is 3.59. The van der Waals surface area contributed by atoms with Gasteiger partial charge in [0.15, 0.2) is 0 Å². The standard InChI is InChI=1S/C28H24N2O5S/c31-27(29-18-20-9-11-24(12-10-20)28(32)33)25-8-4-5-21(17-25)19-30-36(34,35)26-15-13-23(14-16-26)22-6-2-1-3-7-22/h1-17,30H,18-19H2,(H,29,31)(H,32,33). The second-order valence-electron chi connectivity index (χ2n) is 8.10. The fraction of sp³-hybridized carbons (Fsp3) is 0.0714. The van der Waals surface area contributed by atoms with Gasteiger partial charge in [-0.05, 0) is 58.7 Å². The molecule has 0 aromatic heterocycles. The molecule has 4 rings (SSSR count). The van der Waals surface area contributed by atoms with Gasteiger partial charge in [-0.1, -0.05) is 66.7 Å². The summed E-state index contributed by atoms with van der Waals surface area (Å²) in [6, 6.07) is 29.3. The zero-order valence-electron chi connectivity index (χ0n) is 19.2. The van der Waals surface area contributed by atoms with Crippen LogP contribution in [0, 0.1) is 0 Å². The topological polar surface area (TPSA) is 113 Å². The third-order valence-corrected chi connectivity index (χ3v) is 7.00. The highest BCUT2D eigenvalue weighted by Gasteiger charge is 2.14. The van der Waals surface area contributed by atoms with Gasteiger partial charge in [-0.3, -0.25) is 4.79 Å². The molecule has 0 radical (unpaired) electrons. The van der Waals surface area contributed by atoms with Crippen molar-refractivity contribution in [3.8, 4) is 11.1 Å². The summed E-state index contributed by atoms with van der Waals surface area (Å²) in [4.78, 5) is 23.7. The number of aromatic carboxylic acids is 1. The molecule has 0 spiro atoms. The van der Waals surface area contributed by atoms with Crippen LogP contribution >= 0.6 is 0 Å². The van der Waals surface area contributed by atoms with Gasteiger partial charge in [0.1, 0.15) is 0 Å². The van der Waals surface area contributed by atoms with Crippen LogP contribution in [0.3, 0.4) is 0 Å². The molecular weight excluding hydrogens is 476 g/mol. The van der Waals surface area contributed by atoms with Crippen molar-refractivity contribution in [1.29, 1.82) is 0 Å². The Hall–Kier alpha value is -4.27. The SMILES string of the molecule is O=C(O)c1ccc(CNC(=O)c2cccc(CNS(=O)(=O)c3ccc(-c4ccccc4)cc3)c2)cc1. The van der Waals surface area contributed by atoms with Crippen LogP contribution < -0.4 is 10.0 Å². The molecule has 3 N–H and O–H groups in total. The van der Waals surface area contributed by atoms with Crippen molar-refractivity contribution in [3.05, 3.63) is 125 Å². The summed E-state index contributed by atoms with van der Waals surface area (Å²) in [6.07, 6.45) is 0. The molecule has 4 aromatic rings. The van der Waals surface area contributed by atoms with Gasteiger partial charge in [-0.15, -0.1) is 0 Å². The number of carboxylic acid groups (broad SMARTS) is 1. The summed E-state index contributed by atoms with van der Waals surface area (Å²) in [5.74, 6) is -1.33. The number of benzene rings is 4. The Bertz CT molecular complexity index is 1470. The largest absolute Gasteiger partial charge is 0.478 e. The minimum absolute atomic E-state index is 0.0283. The minimum atomic E-state index is -3.74. The molecular formula is C28H24N2O5S.